The molecule has 1 saturated heterocycles. The van der Waals surface area contributed by atoms with Crippen molar-refractivity contribution in [2.45, 2.75) is 117 Å². The molecule has 2 atom stereocenters. The SMILES string of the molecule is CCCC1CCC(C2CCN(c3cnc(-c4ccc(C[C@H](NC(=O)c5ccc(C(C)(C)C)s5)C(=O)N[C@@H](C(=O)O)C(C)C)cc4)nc3)CC2)CC1. The Bertz CT molecular complexity index is 1600. The molecular weight excluding hydrogens is 659 g/mol. The maximum absolute atomic E-state index is 13.5. The van der Waals surface area contributed by atoms with Gasteiger partial charge >= 0.3 is 5.97 Å². The van der Waals surface area contributed by atoms with Crippen LogP contribution in [0.1, 0.15) is 113 Å². The maximum Gasteiger partial charge on any atom is 0.326 e. The molecule has 2 aliphatic rings. The molecule has 0 spiro atoms. The Hall–Kier alpha value is -3.79. The van der Waals surface area contributed by atoms with E-state index in [4.69, 9.17) is 9.97 Å². The standard InChI is InChI=1S/C41H57N5O4S/c1-7-8-27-9-13-29(14-10-27)30-19-21-46(22-20-30)32-24-42-37(43-25-32)31-15-11-28(12-16-31)23-33(38(47)45-36(26(2)3)40(49)50)44-39(48)34-17-18-35(51-34)41(4,5)6/h11-12,15-18,24-27,29-30,33,36H,7-10,13-14,19-23H2,1-6H3,(H,44,48)(H,45,47)(H,49,50)/t27?,29?,33-,36+/m0/s1. The van der Waals surface area contributed by atoms with E-state index >= 15 is 0 Å². The highest BCUT2D eigenvalue weighted by atomic mass is 32.1. The minimum atomic E-state index is -1.11. The molecule has 1 aliphatic heterocycles. The fraction of sp³-hybridized carbons (Fsp3) is 0.585. The summed E-state index contributed by atoms with van der Waals surface area (Å²) in [5.74, 6) is 0.971. The van der Waals surface area contributed by atoms with E-state index in [2.05, 4.69) is 43.2 Å². The summed E-state index contributed by atoms with van der Waals surface area (Å²) in [6.45, 7) is 14.1. The second-order valence-corrected chi connectivity index (χ2v) is 17.2. The predicted octanol–water partition coefficient (Wildman–Crippen LogP) is 7.89. The topological polar surface area (TPSA) is 125 Å². The van der Waals surface area contributed by atoms with E-state index < -0.39 is 24.0 Å². The molecule has 3 aromatic rings. The third kappa shape index (κ3) is 10.2. The van der Waals surface area contributed by atoms with Gasteiger partial charge in [0, 0.05) is 30.0 Å². The third-order valence-corrected chi connectivity index (χ3v) is 12.4. The van der Waals surface area contributed by atoms with Crippen LogP contribution in [0.5, 0.6) is 0 Å². The van der Waals surface area contributed by atoms with Gasteiger partial charge in [-0.15, -0.1) is 11.3 Å². The van der Waals surface area contributed by atoms with Crippen molar-refractivity contribution in [3.05, 3.63) is 64.1 Å². The normalized spacial score (nSPS) is 19.8. The van der Waals surface area contributed by atoms with Crippen LogP contribution in [0.4, 0.5) is 5.69 Å². The molecule has 3 heterocycles. The number of carbonyl (C=O) groups is 3. The molecule has 5 rings (SSSR count). The van der Waals surface area contributed by atoms with Crippen LogP contribution < -0.4 is 15.5 Å². The van der Waals surface area contributed by atoms with Gasteiger partial charge in [-0.05, 0) is 72.5 Å². The van der Waals surface area contributed by atoms with Crippen molar-refractivity contribution in [1.82, 2.24) is 20.6 Å². The van der Waals surface area contributed by atoms with E-state index in [0.717, 1.165) is 52.5 Å². The van der Waals surface area contributed by atoms with Gasteiger partial charge in [-0.3, -0.25) is 9.59 Å². The summed E-state index contributed by atoms with van der Waals surface area (Å²) in [7, 11) is 0. The number of piperidine rings is 1. The smallest absolute Gasteiger partial charge is 0.326 e. The predicted molar refractivity (Wildman–Crippen MR) is 205 cm³/mol. The Balaban J connectivity index is 1.21. The van der Waals surface area contributed by atoms with Gasteiger partial charge in [-0.2, -0.15) is 0 Å². The van der Waals surface area contributed by atoms with Crippen molar-refractivity contribution < 1.29 is 19.5 Å². The Morgan fingerprint density at radius 2 is 1.53 bits per heavy atom. The first-order chi connectivity index (χ1) is 24.3. The minimum Gasteiger partial charge on any atom is -0.480 e. The number of hydrogen-bond acceptors (Lipinski definition) is 7. The molecular formula is C41H57N5O4S. The van der Waals surface area contributed by atoms with Crippen molar-refractivity contribution >= 4 is 34.8 Å². The van der Waals surface area contributed by atoms with E-state index in [0.29, 0.717) is 10.7 Å². The number of carbonyl (C=O) groups excluding carboxylic acids is 2. The van der Waals surface area contributed by atoms with Crippen LogP contribution in [-0.4, -0.2) is 58.0 Å². The Kier molecular flexibility index (Phi) is 12.9. The summed E-state index contributed by atoms with van der Waals surface area (Å²) in [5, 5.41) is 15.2. The summed E-state index contributed by atoms with van der Waals surface area (Å²) in [6.07, 6.45) is 14.9. The number of nitrogens with one attached hydrogen (secondary N) is 2. The van der Waals surface area contributed by atoms with E-state index in [9.17, 15) is 19.5 Å². The number of thiophene rings is 1. The number of anilines is 1. The molecule has 2 fully saturated rings. The highest BCUT2D eigenvalue weighted by Crippen LogP contribution is 2.39. The average Bonchev–Trinajstić information content (AvgIpc) is 3.63. The van der Waals surface area contributed by atoms with Gasteiger partial charge in [-0.25, -0.2) is 14.8 Å². The number of benzene rings is 1. The van der Waals surface area contributed by atoms with Crippen molar-refractivity contribution in [3.63, 3.8) is 0 Å². The highest BCUT2D eigenvalue weighted by molar-refractivity contribution is 7.14. The second kappa shape index (κ2) is 17.2. The van der Waals surface area contributed by atoms with Gasteiger partial charge in [-0.1, -0.05) is 91.5 Å². The molecule has 0 bridgehead atoms. The fourth-order valence-electron chi connectivity index (χ4n) is 7.71. The number of carboxylic acids is 1. The summed E-state index contributed by atoms with van der Waals surface area (Å²) < 4.78 is 0. The minimum absolute atomic E-state index is 0.110. The first-order valence-corrected chi connectivity index (χ1v) is 19.7. The monoisotopic (exact) mass is 715 g/mol. The van der Waals surface area contributed by atoms with Crippen LogP contribution in [0.25, 0.3) is 11.4 Å². The molecule has 10 heteroatoms. The largest absolute Gasteiger partial charge is 0.480 e. The van der Waals surface area contributed by atoms with Crippen molar-refractivity contribution in [2.75, 3.05) is 18.0 Å². The summed E-state index contributed by atoms with van der Waals surface area (Å²) in [6, 6.07) is 9.30. The quantitative estimate of drug-likeness (QED) is 0.164. The van der Waals surface area contributed by atoms with Crippen LogP contribution >= 0.6 is 11.3 Å². The van der Waals surface area contributed by atoms with Crippen LogP contribution in [0.3, 0.4) is 0 Å². The molecule has 1 saturated carbocycles. The molecule has 276 valence electrons. The van der Waals surface area contributed by atoms with Gasteiger partial charge in [0.05, 0.1) is 23.0 Å². The Morgan fingerprint density at radius 3 is 2.08 bits per heavy atom. The van der Waals surface area contributed by atoms with Crippen molar-refractivity contribution in [2.24, 2.45) is 23.7 Å². The van der Waals surface area contributed by atoms with Gasteiger partial charge in [0.15, 0.2) is 5.82 Å². The zero-order chi connectivity index (χ0) is 36.7. The van der Waals surface area contributed by atoms with Crippen molar-refractivity contribution in [1.29, 1.82) is 0 Å². The van der Waals surface area contributed by atoms with Crippen LogP contribution in [0.2, 0.25) is 0 Å². The lowest BCUT2D eigenvalue weighted by atomic mass is 9.72. The number of hydrogen-bond donors (Lipinski definition) is 3. The molecule has 9 nitrogen and oxygen atoms in total. The number of amides is 2. The lowest BCUT2D eigenvalue weighted by molar-refractivity contribution is -0.143. The maximum atomic E-state index is 13.5. The number of rotatable bonds is 13. The molecule has 51 heavy (non-hydrogen) atoms. The summed E-state index contributed by atoms with van der Waals surface area (Å²) >= 11 is 1.39. The van der Waals surface area contributed by atoms with Crippen LogP contribution in [-0.2, 0) is 21.4 Å². The molecule has 2 amide bonds. The van der Waals surface area contributed by atoms with Gasteiger partial charge in [0.25, 0.3) is 5.91 Å². The molecule has 1 aliphatic carbocycles. The zero-order valence-electron chi connectivity index (χ0n) is 31.3. The molecule has 2 aromatic heterocycles. The lowest BCUT2D eigenvalue weighted by Crippen LogP contribution is -2.53. The van der Waals surface area contributed by atoms with E-state index in [1.807, 2.05) is 42.7 Å². The lowest BCUT2D eigenvalue weighted by Gasteiger charge is -2.39. The Labute approximate surface area is 308 Å². The number of aliphatic carboxylic acids is 1. The first-order valence-electron chi connectivity index (χ1n) is 18.9. The van der Waals surface area contributed by atoms with E-state index in [1.54, 1.807) is 19.9 Å². The third-order valence-electron chi connectivity index (χ3n) is 10.9. The van der Waals surface area contributed by atoms with Gasteiger partial charge in [0.2, 0.25) is 5.91 Å². The zero-order valence-corrected chi connectivity index (χ0v) is 32.1. The summed E-state index contributed by atoms with van der Waals surface area (Å²) in [5.41, 5.74) is 2.62. The van der Waals surface area contributed by atoms with Gasteiger partial charge < -0.3 is 20.6 Å². The van der Waals surface area contributed by atoms with Crippen molar-refractivity contribution in [3.8, 4) is 11.4 Å². The van der Waals surface area contributed by atoms with Crippen LogP contribution in [0, 0.1) is 23.7 Å². The number of nitrogens with zero attached hydrogens (tertiary/aromatic N) is 3. The van der Waals surface area contributed by atoms with E-state index in [1.165, 1.54) is 62.7 Å². The average molecular weight is 716 g/mol. The summed E-state index contributed by atoms with van der Waals surface area (Å²) in [4.78, 5) is 52.1. The molecule has 1 aromatic carbocycles. The molecule has 3 N–H and O–H groups in total. The first kappa shape index (κ1) is 38.4. The fourth-order valence-corrected chi connectivity index (χ4v) is 8.68. The Morgan fingerprint density at radius 1 is 0.902 bits per heavy atom. The highest BCUT2D eigenvalue weighted by Gasteiger charge is 2.31. The van der Waals surface area contributed by atoms with E-state index in [-0.39, 0.29) is 23.7 Å². The number of carboxylic acid groups (broad SMARTS) is 1. The van der Waals surface area contributed by atoms with Gasteiger partial charge in [0.1, 0.15) is 12.1 Å². The second-order valence-electron chi connectivity index (χ2n) is 16.1. The molecule has 0 unspecified atom stereocenters. The molecule has 0 radical (unpaired) electrons. The van der Waals surface area contributed by atoms with Crippen LogP contribution in [0.15, 0.2) is 48.8 Å². The number of aromatic nitrogens is 2.